The number of carbonyl (C=O) groups is 1. The summed E-state index contributed by atoms with van der Waals surface area (Å²) < 4.78 is 0. The first-order chi connectivity index (χ1) is 9.58. The largest absolute Gasteiger partial charge is 0.376 e. The van der Waals surface area contributed by atoms with Crippen molar-refractivity contribution in [3.05, 3.63) is 29.8 Å². The van der Waals surface area contributed by atoms with Crippen molar-refractivity contribution in [2.75, 3.05) is 25.0 Å². The second-order valence-corrected chi connectivity index (χ2v) is 5.82. The Morgan fingerprint density at radius 2 is 2.10 bits per heavy atom. The van der Waals surface area contributed by atoms with E-state index in [0.29, 0.717) is 18.4 Å². The summed E-state index contributed by atoms with van der Waals surface area (Å²) in [6.07, 6.45) is 6.58. The van der Waals surface area contributed by atoms with Crippen LogP contribution in [-0.4, -0.2) is 30.4 Å². The van der Waals surface area contributed by atoms with Gasteiger partial charge in [0.05, 0.1) is 6.54 Å². The normalized spacial score (nSPS) is 22.1. The number of carbonyl (C=O) groups excluding carboxylic acids is 1. The van der Waals surface area contributed by atoms with Crippen molar-refractivity contribution < 1.29 is 4.79 Å². The Bertz CT molecular complexity index is 508. The fraction of sp³-hybridized carbons (Fsp3) is 0.471. The maximum absolute atomic E-state index is 12.2. The van der Waals surface area contributed by atoms with Gasteiger partial charge in [-0.25, -0.2) is 0 Å². The maximum Gasteiger partial charge on any atom is 0.241 e. The highest BCUT2D eigenvalue weighted by atomic mass is 16.2. The summed E-state index contributed by atoms with van der Waals surface area (Å²) in [6, 6.07) is 7.58. The van der Waals surface area contributed by atoms with Gasteiger partial charge in [-0.2, -0.15) is 0 Å². The van der Waals surface area contributed by atoms with Gasteiger partial charge in [0.25, 0.3) is 0 Å². The standard InChI is InChI=1S/C17H22N2O/c1-4-15-6-5-7-16(9-15)18-10-17(20)19-11-13(2)8-14(3)12-19/h1,5-7,9,13-14,18H,8,10-12H2,2-3H3/t13-,14+. The molecule has 1 aliphatic rings. The van der Waals surface area contributed by atoms with Crippen molar-refractivity contribution in [1.82, 2.24) is 4.90 Å². The van der Waals surface area contributed by atoms with Crippen molar-refractivity contribution >= 4 is 11.6 Å². The molecule has 2 rings (SSSR count). The number of amides is 1. The van der Waals surface area contributed by atoms with E-state index in [0.717, 1.165) is 24.3 Å². The van der Waals surface area contributed by atoms with Crippen LogP contribution in [-0.2, 0) is 4.79 Å². The quantitative estimate of drug-likeness (QED) is 0.856. The van der Waals surface area contributed by atoms with Gasteiger partial charge < -0.3 is 10.2 Å². The number of nitrogens with zero attached hydrogens (tertiary/aromatic N) is 1. The van der Waals surface area contributed by atoms with E-state index in [2.05, 4.69) is 25.1 Å². The van der Waals surface area contributed by atoms with E-state index in [1.165, 1.54) is 6.42 Å². The second-order valence-electron chi connectivity index (χ2n) is 5.82. The van der Waals surface area contributed by atoms with Gasteiger partial charge in [0.2, 0.25) is 5.91 Å². The summed E-state index contributed by atoms with van der Waals surface area (Å²) in [5, 5.41) is 3.16. The molecule has 1 aromatic rings. The lowest BCUT2D eigenvalue weighted by Gasteiger charge is -2.35. The van der Waals surface area contributed by atoms with Crippen LogP contribution < -0.4 is 5.32 Å². The van der Waals surface area contributed by atoms with Crippen LogP contribution in [0.15, 0.2) is 24.3 Å². The average Bonchev–Trinajstić information content (AvgIpc) is 2.44. The molecule has 1 saturated heterocycles. The van der Waals surface area contributed by atoms with Crippen LogP contribution in [0.25, 0.3) is 0 Å². The first-order valence-electron chi connectivity index (χ1n) is 7.17. The summed E-state index contributed by atoms with van der Waals surface area (Å²) in [5.41, 5.74) is 1.72. The highest BCUT2D eigenvalue weighted by Crippen LogP contribution is 2.21. The number of terminal acetylenes is 1. The van der Waals surface area contributed by atoms with Crippen molar-refractivity contribution in [2.45, 2.75) is 20.3 Å². The van der Waals surface area contributed by atoms with E-state index in [1.54, 1.807) is 0 Å². The van der Waals surface area contributed by atoms with Crippen molar-refractivity contribution in [1.29, 1.82) is 0 Å². The number of nitrogens with one attached hydrogen (secondary N) is 1. The molecule has 1 aromatic carbocycles. The third-order valence-corrected chi connectivity index (χ3v) is 3.69. The Balaban J connectivity index is 1.90. The highest BCUT2D eigenvalue weighted by molar-refractivity contribution is 5.81. The van der Waals surface area contributed by atoms with E-state index in [4.69, 9.17) is 6.42 Å². The van der Waals surface area contributed by atoms with Crippen molar-refractivity contribution in [3.63, 3.8) is 0 Å². The van der Waals surface area contributed by atoms with Gasteiger partial charge in [0.15, 0.2) is 0 Å². The molecule has 3 heteroatoms. The fourth-order valence-corrected chi connectivity index (χ4v) is 2.87. The molecule has 106 valence electrons. The van der Waals surface area contributed by atoms with Gasteiger partial charge in [-0.1, -0.05) is 25.8 Å². The van der Waals surface area contributed by atoms with E-state index < -0.39 is 0 Å². The molecule has 0 unspecified atom stereocenters. The molecule has 1 aliphatic heterocycles. The monoisotopic (exact) mass is 270 g/mol. The minimum atomic E-state index is 0.162. The van der Waals surface area contributed by atoms with E-state index in [9.17, 15) is 4.79 Å². The Morgan fingerprint density at radius 1 is 1.40 bits per heavy atom. The molecule has 0 aromatic heterocycles. The zero-order chi connectivity index (χ0) is 14.5. The lowest BCUT2D eigenvalue weighted by atomic mass is 9.92. The Kier molecular flexibility index (Phi) is 4.68. The summed E-state index contributed by atoms with van der Waals surface area (Å²) in [6.45, 7) is 6.48. The number of hydrogen-bond donors (Lipinski definition) is 1. The molecule has 1 heterocycles. The van der Waals surface area contributed by atoms with Gasteiger partial charge in [0, 0.05) is 24.3 Å². The first-order valence-corrected chi connectivity index (χ1v) is 7.17. The number of piperidine rings is 1. The molecule has 1 N–H and O–H groups in total. The van der Waals surface area contributed by atoms with Gasteiger partial charge in [-0.05, 0) is 36.5 Å². The predicted octanol–water partition coefficient (Wildman–Crippen LogP) is 2.58. The molecule has 0 spiro atoms. The van der Waals surface area contributed by atoms with Gasteiger partial charge in [-0.15, -0.1) is 6.42 Å². The van der Waals surface area contributed by atoms with Crippen molar-refractivity contribution in [3.8, 4) is 12.3 Å². The van der Waals surface area contributed by atoms with Gasteiger partial charge in [-0.3, -0.25) is 4.79 Å². The molecule has 3 nitrogen and oxygen atoms in total. The number of rotatable bonds is 3. The lowest BCUT2D eigenvalue weighted by molar-refractivity contribution is -0.131. The lowest BCUT2D eigenvalue weighted by Crippen LogP contribution is -2.44. The number of benzene rings is 1. The summed E-state index contributed by atoms with van der Waals surface area (Å²) in [7, 11) is 0. The van der Waals surface area contributed by atoms with E-state index in [-0.39, 0.29) is 5.91 Å². The van der Waals surface area contributed by atoms with Crippen LogP contribution >= 0.6 is 0 Å². The number of hydrogen-bond acceptors (Lipinski definition) is 2. The molecule has 0 saturated carbocycles. The van der Waals surface area contributed by atoms with Crippen LogP contribution in [0.2, 0.25) is 0 Å². The van der Waals surface area contributed by atoms with Crippen LogP contribution in [0.1, 0.15) is 25.8 Å². The summed E-state index contributed by atoms with van der Waals surface area (Å²) in [4.78, 5) is 14.2. The molecular formula is C17H22N2O. The number of anilines is 1. The second kappa shape index (κ2) is 6.47. The Hall–Kier alpha value is -1.95. The number of likely N-dealkylation sites (tertiary alicyclic amines) is 1. The zero-order valence-electron chi connectivity index (χ0n) is 12.2. The highest BCUT2D eigenvalue weighted by Gasteiger charge is 2.24. The predicted molar refractivity (Wildman–Crippen MR) is 82.4 cm³/mol. The van der Waals surface area contributed by atoms with Crippen LogP contribution in [0, 0.1) is 24.2 Å². The zero-order valence-corrected chi connectivity index (χ0v) is 12.2. The van der Waals surface area contributed by atoms with E-state index in [1.807, 2.05) is 29.2 Å². The average molecular weight is 270 g/mol. The SMILES string of the molecule is C#Cc1cccc(NCC(=O)N2C[C@H](C)C[C@H](C)C2)c1. The third kappa shape index (κ3) is 3.77. The topological polar surface area (TPSA) is 32.3 Å². The van der Waals surface area contributed by atoms with Crippen LogP contribution in [0.3, 0.4) is 0 Å². The first kappa shape index (κ1) is 14.5. The van der Waals surface area contributed by atoms with Crippen molar-refractivity contribution in [2.24, 2.45) is 11.8 Å². The minimum absolute atomic E-state index is 0.162. The molecule has 1 amide bonds. The molecule has 0 aliphatic carbocycles. The van der Waals surface area contributed by atoms with Crippen LogP contribution in [0.4, 0.5) is 5.69 Å². The summed E-state index contributed by atoms with van der Waals surface area (Å²) in [5.74, 6) is 3.94. The third-order valence-electron chi connectivity index (χ3n) is 3.69. The Labute approximate surface area is 121 Å². The van der Waals surface area contributed by atoms with Crippen LogP contribution in [0.5, 0.6) is 0 Å². The van der Waals surface area contributed by atoms with Gasteiger partial charge in [0.1, 0.15) is 0 Å². The molecular weight excluding hydrogens is 248 g/mol. The smallest absolute Gasteiger partial charge is 0.241 e. The molecule has 1 fully saturated rings. The van der Waals surface area contributed by atoms with Gasteiger partial charge >= 0.3 is 0 Å². The fourth-order valence-electron chi connectivity index (χ4n) is 2.87. The molecule has 2 atom stereocenters. The maximum atomic E-state index is 12.2. The Morgan fingerprint density at radius 3 is 2.75 bits per heavy atom. The van der Waals surface area contributed by atoms with E-state index >= 15 is 0 Å². The molecule has 0 radical (unpaired) electrons. The molecule has 0 bridgehead atoms. The molecule has 20 heavy (non-hydrogen) atoms. The minimum Gasteiger partial charge on any atom is -0.376 e. The summed E-state index contributed by atoms with van der Waals surface area (Å²) >= 11 is 0.